The zero-order valence-corrected chi connectivity index (χ0v) is 23.0. The molecule has 4 aromatic carbocycles. The van der Waals surface area contributed by atoms with E-state index < -0.39 is 0 Å². The van der Waals surface area contributed by atoms with Crippen LogP contribution in [0, 0.1) is 12.1 Å². The van der Waals surface area contributed by atoms with E-state index in [-0.39, 0.29) is 21.1 Å². The monoisotopic (exact) mass is 682 g/mol. The number of rotatable bonds is 5. The zero-order valence-electron chi connectivity index (χ0n) is 20.7. The van der Waals surface area contributed by atoms with E-state index in [4.69, 9.17) is 14.4 Å². The molecule has 0 saturated heterocycles. The average molecular weight is 683 g/mol. The van der Waals surface area contributed by atoms with Crippen molar-refractivity contribution >= 4 is 39.3 Å². The van der Waals surface area contributed by atoms with Gasteiger partial charge < -0.3 is 4.42 Å². The molecule has 0 N–H and O–H groups in total. The maximum Gasteiger partial charge on any atom is 2.00 e. The smallest absolute Gasteiger partial charge is 0.501 e. The van der Waals surface area contributed by atoms with Gasteiger partial charge in [0.15, 0.2) is 0 Å². The first-order valence-corrected chi connectivity index (χ1v) is 12.4. The van der Waals surface area contributed by atoms with E-state index in [1.165, 1.54) is 0 Å². The molecule has 0 bridgehead atoms. The third-order valence-corrected chi connectivity index (χ3v) is 6.52. The normalized spacial score (nSPS) is 10.9. The molecule has 7 rings (SSSR count). The summed E-state index contributed by atoms with van der Waals surface area (Å²) < 4.78 is 6.27. The van der Waals surface area contributed by atoms with Crippen molar-refractivity contribution in [3.05, 3.63) is 140 Å². The molecule has 0 unspecified atom stereocenters. The summed E-state index contributed by atoms with van der Waals surface area (Å²) in [5.41, 5.74) is 5.99. The second-order valence-corrected chi connectivity index (χ2v) is 8.90. The van der Waals surface area contributed by atoms with Crippen LogP contribution < -0.4 is 4.90 Å². The van der Waals surface area contributed by atoms with E-state index in [1.54, 1.807) is 0 Å². The van der Waals surface area contributed by atoms with Crippen LogP contribution in [-0.2, 0) is 21.1 Å². The second kappa shape index (κ2) is 10.7. The number of benzene rings is 4. The van der Waals surface area contributed by atoms with E-state index in [9.17, 15) is 0 Å². The van der Waals surface area contributed by atoms with Gasteiger partial charge in [0.1, 0.15) is 17.2 Å². The first-order valence-electron chi connectivity index (χ1n) is 12.4. The quantitative estimate of drug-likeness (QED) is 0.170. The summed E-state index contributed by atoms with van der Waals surface area (Å²) in [7, 11) is 0. The maximum atomic E-state index is 6.27. The van der Waals surface area contributed by atoms with Gasteiger partial charge in [0.05, 0.1) is 5.58 Å². The minimum absolute atomic E-state index is 0. The summed E-state index contributed by atoms with van der Waals surface area (Å²) in [4.78, 5) is 12.2. The number of pyridine rings is 2. The van der Waals surface area contributed by atoms with Crippen LogP contribution in [0.5, 0.6) is 0 Å². The Bertz CT molecular complexity index is 1880. The van der Waals surface area contributed by atoms with Crippen LogP contribution in [0.4, 0.5) is 17.3 Å². The molecule has 188 valence electrons. The molecule has 39 heavy (non-hydrogen) atoms. The van der Waals surface area contributed by atoms with Crippen molar-refractivity contribution in [2.45, 2.75) is 0 Å². The van der Waals surface area contributed by atoms with Crippen LogP contribution >= 0.6 is 0 Å². The zero-order chi connectivity index (χ0) is 25.3. The van der Waals surface area contributed by atoms with E-state index >= 15 is 0 Å². The number of furan rings is 1. The third kappa shape index (κ3) is 4.65. The number of hydrogen-bond donors (Lipinski definition) is 0. The molecule has 0 fully saturated rings. The number of fused-ring (bicyclic) bond motifs is 3. The van der Waals surface area contributed by atoms with Gasteiger partial charge in [-0.15, -0.1) is 54.1 Å². The van der Waals surface area contributed by atoms with Crippen LogP contribution in [0.15, 0.2) is 132 Å². The SMILES string of the molecule is [Pt+2].[c-]1ccccc1-c1cccc(N(c2ccccc2)c2cccc(-c3[c-]ccc4c3oc3ccccc34)n2)n1. The molecule has 5 heteroatoms. The predicted octanol–water partition coefficient (Wildman–Crippen LogP) is 8.78. The fourth-order valence-electron chi connectivity index (χ4n) is 4.78. The number of para-hydroxylation sites is 2. The minimum atomic E-state index is 0. The summed E-state index contributed by atoms with van der Waals surface area (Å²) in [6.07, 6.45) is 0. The molecule has 0 spiro atoms. The van der Waals surface area contributed by atoms with Crippen molar-refractivity contribution in [2.75, 3.05) is 4.90 Å². The largest absolute Gasteiger partial charge is 2.00 e. The van der Waals surface area contributed by atoms with Crippen LogP contribution in [0.3, 0.4) is 0 Å². The second-order valence-electron chi connectivity index (χ2n) is 8.90. The van der Waals surface area contributed by atoms with Gasteiger partial charge in [-0.25, -0.2) is 0 Å². The van der Waals surface area contributed by atoms with Crippen molar-refractivity contribution in [1.82, 2.24) is 9.97 Å². The molecule has 7 aromatic rings. The topological polar surface area (TPSA) is 42.2 Å². The van der Waals surface area contributed by atoms with Crippen molar-refractivity contribution in [2.24, 2.45) is 0 Å². The summed E-state index contributed by atoms with van der Waals surface area (Å²) >= 11 is 0. The Balaban J connectivity index is 0.00000277. The first-order chi connectivity index (χ1) is 18.8. The molecule has 3 heterocycles. The molecule has 0 aliphatic carbocycles. The Kier molecular flexibility index (Phi) is 6.79. The van der Waals surface area contributed by atoms with Crippen LogP contribution in [0.2, 0.25) is 0 Å². The summed E-state index contributed by atoms with van der Waals surface area (Å²) in [6.45, 7) is 0. The fraction of sp³-hybridized carbons (Fsp3) is 0. The van der Waals surface area contributed by atoms with Gasteiger partial charge in [-0.2, -0.15) is 0 Å². The first kappa shape index (κ1) is 24.8. The molecule has 3 aromatic heterocycles. The standard InChI is InChI=1S/C34H21N3O.Pt/c1-3-12-24(13-4-1)29-19-10-22-32(35-29)37(25-14-5-2-6-15-25)33-23-11-20-30(36-33)28-18-9-17-27-26-16-7-8-21-31(26)38-34(27)28;/h1-12,14-17,19-23H;/q-2;+2. The van der Waals surface area contributed by atoms with Crippen LogP contribution in [-0.4, -0.2) is 9.97 Å². The van der Waals surface area contributed by atoms with E-state index in [2.05, 4.69) is 35.2 Å². The van der Waals surface area contributed by atoms with Crippen molar-refractivity contribution in [3.8, 4) is 22.5 Å². The number of anilines is 3. The van der Waals surface area contributed by atoms with Crippen LogP contribution in [0.1, 0.15) is 0 Å². The van der Waals surface area contributed by atoms with E-state index in [1.807, 2.05) is 109 Å². The minimum Gasteiger partial charge on any atom is -0.501 e. The Morgan fingerprint density at radius 3 is 2.08 bits per heavy atom. The van der Waals surface area contributed by atoms with Crippen molar-refractivity contribution in [3.63, 3.8) is 0 Å². The molecule has 0 saturated carbocycles. The fourth-order valence-corrected chi connectivity index (χ4v) is 4.78. The Hall–Kier alpha value is -4.53. The van der Waals surface area contributed by atoms with Gasteiger partial charge in [0, 0.05) is 11.1 Å². The molecule has 0 aliphatic heterocycles. The summed E-state index contributed by atoms with van der Waals surface area (Å²) in [5.74, 6) is 1.51. The number of hydrogen-bond acceptors (Lipinski definition) is 4. The molecule has 0 atom stereocenters. The van der Waals surface area contributed by atoms with E-state index in [0.29, 0.717) is 0 Å². The Morgan fingerprint density at radius 2 is 1.28 bits per heavy atom. The molecule has 0 amide bonds. The summed E-state index contributed by atoms with van der Waals surface area (Å²) in [5, 5.41) is 2.13. The third-order valence-electron chi connectivity index (χ3n) is 6.52. The van der Waals surface area contributed by atoms with Gasteiger partial charge in [-0.3, -0.25) is 14.9 Å². The van der Waals surface area contributed by atoms with Crippen LogP contribution in [0.25, 0.3) is 44.5 Å². The van der Waals surface area contributed by atoms with Gasteiger partial charge in [-0.05, 0) is 41.7 Å². The van der Waals surface area contributed by atoms with Gasteiger partial charge in [0.2, 0.25) is 0 Å². The Labute approximate surface area is 240 Å². The van der Waals surface area contributed by atoms with Gasteiger partial charge in [0.25, 0.3) is 0 Å². The van der Waals surface area contributed by atoms with Gasteiger partial charge >= 0.3 is 21.1 Å². The average Bonchev–Trinajstić information content (AvgIpc) is 3.38. The van der Waals surface area contributed by atoms with Crippen molar-refractivity contribution in [1.29, 1.82) is 0 Å². The molecular weight excluding hydrogens is 661 g/mol. The summed E-state index contributed by atoms with van der Waals surface area (Å²) in [6, 6.07) is 48.8. The van der Waals surface area contributed by atoms with Gasteiger partial charge in [-0.1, -0.05) is 71.6 Å². The molecular formula is C34H21N3OPt. The maximum absolute atomic E-state index is 6.27. The molecule has 0 radical (unpaired) electrons. The van der Waals surface area contributed by atoms with Crippen molar-refractivity contribution < 1.29 is 25.5 Å². The number of nitrogens with zero attached hydrogens (tertiary/aromatic N) is 3. The molecule has 0 aliphatic rings. The molecule has 4 nitrogen and oxygen atoms in total. The number of aromatic nitrogens is 2. The predicted molar refractivity (Wildman–Crippen MR) is 153 cm³/mol. The van der Waals surface area contributed by atoms with E-state index in [0.717, 1.165) is 61.8 Å². The Morgan fingerprint density at radius 1 is 0.564 bits per heavy atom.